The van der Waals surface area contributed by atoms with Crippen LogP contribution in [0, 0.1) is 0 Å². The predicted molar refractivity (Wildman–Crippen MR) is 66.4 cm³/mol. The fourth-order valence-corrected chi connectivity index (χ4v) is 1.59. The Morgan fingerprint density at radius 2 is 1.75 bits per heavy atom. The van der Waals surface area contributed by atoms with Crippen LogP contribution in [0.5, 0.6) is 0 Å². The second-order valence-corrected chi connectivity index (χ2v) is 4.21. The van der Waals surface area contributed by atoms with E-state index < -0.39 is 0 Å². The van der Waals surface area contributed by atoms with Gasteiger partial charge in [-0.25, -0.2) is 0 Å². The molecule has 0 N–H and O–H groups in total. The van der Waals surface area contributed by atoms with E-state index in [1.807, 2.05) is 26.8 Å². The summed E-state index contributed by atoms with van der Waals surface area (Å²) in [5.74, 6) is 0. The Bertz CT molecular complexity index is 269. The van der Waals surface area contributed by atoms with Gasteiger partial charge in [-0.2, -0.15) is 0 Å². The van der Waals surface area contributed by atoms with Crippen molar-refractivity contribution in [1.82, 2.24) is 0 Å². The molecule has 0 heterocycles. The van der Waals surface area contributed by atoms with E-state index in [1.54, 1.807) is 0 Å². The van der Waals surface area contributed by atoms with Crippen LogP contribution in [0.4, 0.5) is 0 Å². The maximum Gasteiger partial charge on any atom is 0.155 e. The quantitative estimate of drug-likeness (QED) is 0.520. The van der Waals surface area contributed by atoms with Gasteiger partial charge in [0.05, 0.1) is 12.7 Å². The third-order valence-electron chi connectivity index (χ3n) is 2.27. The van der Waals surface area contributed by atoms with E-state index in [9.17, 15) is 0 Å². The first-order chi connectivity index (χ1) is 7.68. The molecule has 1 atom stereocenters. The smallest absolute Gasteiger partial charge is 0.155 e. The largest absolute Gasteiger partial charge is 0.353 e. The minimum absolute atomic E-state index is 0.101. The molecule has 0 bridgehead atoms. The summed E-state index contributed by atoms with van der Waals surface area (Å²) in [6.45, 7) is 6.74. The van der Waals surface area contributed by atoms with E-state index in [0.29, 0.717) is 0 Å². The second-order valence-electron chi connectivity index (χ2n) is 4.21. The Morgan fingerprint density at radius 1 is 1.06 bits per heavy atom. The van der Waals surface area contributed by atoms with Crippen molar-refractivity contribution in [3.63, 3.8) is 0 Å². The molecule has 1 aromatic rings. The average Bonchev–Trinajstić information content (AvgIpc) is 2.25. The second kappa shape index (κ2) is 7.42. The molecular weight excluding hydrogens is 200 g/mol. The summed E-state index contributed by atoms with van der Waals surface area (Å²) in [6.07, 6.45) is 2.23. The zero-order chi connectivity index (χ0) is 11.8. The zero-order valence-corrected chi connectivity index (χ0v) is 10.5. The summed E-state index contributed by atoms with van der Waals surface area (Å²) in [6, 6.07) is 10.5. The third-order valence-corrected chi connectivity index (χ3v) is 2.27. The molecule has 90 valence electrons. The van der Waals surface area contributed by atoms with Gasteiger partial charge in [0.2, 0.25) is 0 Å². The van der Waals surface area contributed by atoms with Gasteiger partial charge in [0, 0.05) is 0 Å². The molecule has 0 amide bonds. The molecule has 0 aliphatic heterocycles. The van der Waals surface area contributed by atoms with Crippen molar-refractivity contribution in [2.45, 2.75) is 46.0 Å². The van der Waals surface area contributed by atoms with Crippen LogP contribution < -0.4 is 0 Å². The molecule has 0 aliphatic rings. The minimum Gasteiger partial charge on any atom is -0.353 e. The highest BCUT2D eigenvalue weighted by Crippen LogP contribution is 2.04. The molecule has 0 fully saturated rings. The molecule has 1 aromatic carbocycles. The first-order valence-electron chi connectivity index (χ1n) is 5.99. The Morgan fingerprint density at radius 3 is 2.38 bits per heavy atom. The van der Waals surface area contributed by atoms with Crippen molar-refractivity contribution in [3.8, 4) is 0 Å². The van der Waals surface area contributed by atoms with Crippen molar-refractivity contribution in [2.75, 3.05) is 6.61 Å². The lowest BCUT2D eigenvalue weighted by Gasteiger charge is -2.16. The Kier molecular flexibility index (Phi) is 6.12. The molecular formula is C14H22O2. The lowest BCUT2D eigenvalue weighted by atomic mass is 10.1. The van der Waals surface area contributed by atoms with E-state index in [2.05, 4.69) is 24.3 Å². The van der Waals surface area contributed by atoms with Crippen LogP contribution >= 0.6 is 0 Å². The summed E-state index contributed by atoms with van der Waals surface area (Å²) in [7, 11) is 0. The van der Waals surface area contributed by atoms with Crippen molar-refractivity contribution in [2.24, 2.45) is 0 Å². The molecule has 2 nitrogen and oxygen atoms in total. The van der Waals surface area contributed by atoms with Crippen LogP contribution in [0.3, 0.4) is 0 Å². The highest BCUT2D eigenvalue weighted by molar-refractivity contribution is 5.14. The van der Waals surface area contributed by atoms with Gasteiger partial charge in [-0.1, -0.05) is 30.3 Å². The highest BCUT2D eigenvalue weighted by atomic mass is 16.7. The molecule has 0 saturated carbocycles. The number of benzene rings is 1. The van der Waals surface area contributed by atoms with Gasteiger partial charge < -0.3 is 9.47 Å². The molecule has 0 aliphatic carbocycles. The van der Waals surface area contributed by atoms with Crippen molar-refractivity contribution in [1.29, 1.82) is 0 Å². The molecule has 0 aromatic heterocycles. The average molecular weight is 222 g/mol. The van der Waals surface area contributed by atoms with Crippen molar-refractivity contribution >= 4 is 0 Å². The topological polar surface area (TPSA) is 18.5 Å². The van der Waals surface area contributed by atoms with E-state index in [4.69, 9.17) is 9.47 Å². The number of hydrogen-bond acceptors (Lipinski definition) is 2. The Hall–Kier alpha value is -0.860. The van der Waals surface area contributed by atoms with Crippen molar-refractivity contribution < 1.29 is 9.47 Å². The molecule has 0 spiro atoms. The van der Waals surface area contributed by atoms with Gasteiger partial charge in [-0.15, -0.1) is 0 Å². The molecule has 1 unspecified atom stereocenters. The number of aryl methyl sites for hydroxylation is 1. The summed E-state index contributed by atoms with van der Waals surface area (Å²) in [4.78, 5) is 0. The minimum atomic E-state index is -0.101. The molecule has 0 saturated heterocycles. The van der Waals surface area contributed by atoms with Gasteiger partial charge in [-0.3, -0.25) is 0 Å². The number of hydrogen-bond donors (Lipinski definition) is 0. The van der Waals surface area contributed by atoms with Gasteiger partial charge in [0.1, 0.15) is 0 Å². The highest BCUT2D eigenvalue weighted by Gasteiger charge is 2.03. The van der Waals surface area contributed by atoms with Crippen LogP contribution in [0.25, 0.3) is 0 Å². The third kappa shape index (κ3) is 5.89. The van der Waals surface area contributed by atoms with E-state index in [0.717, 1.165) is 19.4 Å². The van der Waals surface area contributed by atoms with Crippen molar-refractivity contribution in [3.05, 3.63) is 35.9 Å². The molecule has 16 heavy (non-hydrogen) atoms. The summed E-state index contributed by atoms with van der Waals surface area (Å²) >= 11 is 0. The summed E-state index contributed by atoms with van der Waals surface area (Å²) in [5, 5.41) is 0. The van der Waals surface area contributed by atoms with Gasteiger partial charge in [-0.05, 0) is 39.2 Å². The Labute approximate surface area is 98.6 Å². The molecule has 0 radical (unpaired) electrons. The lowest BCUT2D eigenvalue weighted by Crippen LogP contribution is -2.18. The summed E-state index contributed by atoms with van der Waals surface area (Å²) in [5.41, 5.74) is 1.36. The maximum absolute atomic E-state index is 5.55. The fourth-order valence-electron chi connectivity index (χ4n) is 1.59. The number of rotatable bonds is 7. The van der Waals surface area contributed by atoms with Gasteiger partial charge >= 0.3 is 0 Å². The van der Waals surface area contributed by atoms with Crippen LogP contribution in [0.15, 0.2) is 30.3 Å². The molecule has 2 heteroatoms. The van der Waals surface area contributed by atoms with Gasteiger partial charge in [0.15, 0.2) is 6.29 Å². The van der Waals surface area contributed by atoms with E-state index in [1.165, 1.54) is 5.56 Å². The standard InChI is InChI=1S/C14H22O2/c1-12(2)16-13(3)15-11-7-10-14-8-5-4-6-9-14/h4-6,8-9,12-13H,7,10-11H2,1-3H3. The lowest BCUT2D eigenvalue weighted by molar-refractivity contribution is -0.151. The summed E-state index contributed by atoms with van der Waals surface area (Å²) < 4.78 is 11.0. The Balaban J connectivity index is 2.08. The fraction of sp³-hybridized carbons (Fsp3) is 0.571. The van der Waals surface area contributed by atoms with Crippen LogP contribution in [0.1, 0.15) is 32.8 Å². The first-order valence-corrected chi connectivity index (χ1v) is 5.99. The van der Waals surface area contributed by atoms with Crippen LogP contribution in [-0.2, 0) is 15.9 Å². The zero-order valence-electron chi connectivity index (χ0n) is 10.5. The van der Waals surface area contributed by atoms with E-state index >= 15 is 0 Å². The first kappa shape index (κ1) is 13.2. The number of ether oxygens (including phenoxy) is 2. The van der Waals surface area contributed by atoms with Crippen LogP contribution in [-0.4, -0.2) is 19.0 Å². The normalized spacial score (nSPS) is 13.0. The monoisotopic (exact) mass is 222 g/mol. The predicted octanol–water partition coefficient (Wildman–Crippen LogP) is 3.41. The van der Waals surface area contributed by atoms with Gasteiger partial charge in [0.25, 0.3) is 0 Å². The van der Waals surface area contributed by atoms with Crippen LogP contribution in [0.2, 0.25) is 0 Å². The molecule has 1 rings (SSSR count). The maximum atomic E-state index is 5.55. The SMILES string of the molecule is CC(C)OC(C)OCCCc1ccccc1. The van der Waals surface area contributed by atoms with E-state index in [-0.39, 0.29) is 12.4 Å².